The van der Waals surface area contributed by atoms with Gasteiger partial charge in [0.2, 0.25) is 5.91 Å². The molecule has 2 aliphatic rings. The van der Waals surface area contributed by atoms with Crippen LogP contribution in [0, 0.1) is 0 Å². The molecule has 1 atom stereocenters. The number of fused-ring (bicyclic) bond motifs is 1. The molecule has 0 aromatic carbocycles. The van der Waals surface area contributed by atoms with Crippen molar-refractivity contribution in [1.82, 2.24) is 9.80 Å². The first-order valence-electron chi connectivity index (χ1n) is 9.34. The van der Waals surface area contributed by atoms with Gasteiger partial charge in [-0.2, -0.15) is 0 Å². The van der Waals surface area contributed by atoms with E-state index >= 15 is 0 Å². The van der Waals surface area contributed by atoms with E-state index in [0.29, 0.717) is 24.5 Å². The van der Waals surface area contributed by atoms with Crippen LogP contribution in [-0.4, -0.2) is 41.4 Å². The average molecular weight is 335 g/mol. The van der Waals surface area contributed by atoms with Gasteiger partial charge in [0.25, 0.3) is 0 Å². The van der Waals surface area contributed by atoms with Gasteiger partial charge in [0.05, 0.1) is 12.6 Å². The number of carbonyl (C=O) groups is 1. The molecular formula is C19H30N2OS. The van der Waals surface area contributed by atoms with Gasteiger partial charge >= 0.3 is 0 Å². The summed E-state index contributed by atoms with van der Waals surface area (Å²) in [5, 5.41) is 2.18. The van der Waals surface area contributed by atoms with Gasteiger partial charge < -0.3 is 4.90 Å². The molecule has 1 unspecified atom stereocenters. The Morgan fingerprint density at radius 3 is 2.78 bits per heavy atom. The molecule has 1 aromatic rings. The summed E-state index contributed by atoms with van der Waals surface area (Å²) < 4.78 is 0. The van der Waals surface area contributed by atoms with Crippen molar-refractivity contribution in [3.8, 4) is 0 Å². The zero-order chi connectivity index (χ0) is 16.2. The largest absolute Gasteiger partial charge is 0.334 e. The van der Waals surface area contributed by atoms with Crippen molar-refractivity contribution in [3.63, 3.8) is 0 Å². The number of carbonyl (C=O) groups excluding carboxylic acids is 1. The fourth-order valence-electron chi connectivity index (χ4n) is 4.35. The molecule has 23 heavy (non-hydrogen) atoms. The molecule has 1 aliphatic heterocycles. The molecule has 1 amide bonds. The van der Waals surface area contributed by atoms with E-state index in [0.717, 1.165) is 25.9 Å². The van der Waals surface area contributed by atoms with Crippen LogP contribution in [0.25, 0.3) is 0 Å². The Balaban J connectivity index is 1.67. The molecule has 1 fully saturated rings. The quantitative estimate of drug-likeness (QED) is 0.804. The summed E-state index contributed by atoms with van der Waals surface area (Å²) in [6, 6.07) is 3.15. The summed E-state index contributed by atoms with van der Waals surface area (Å²) in [6.07, 6.45) is 8.62. The zero-order valence-corrected chi connectivity index (χ0v) is 15.4. The third kappa shape index (κ3) is 3.63. The Bertz CT molecular complexity index is 521. The van der Waals surface area contributed by atoms with Crippen molar-refractivity contribution in [2.24, 2.45) is 0 Å². The number of thiophene rings is 1. The van der Waals surface area contributed by atoms with Gasteiger partial charge in [-0.1, -0.05) is 33.1 Å². The van der Waals surface area contributed by atoms with E-state index in [9.17, 15) is 4.79 Å². The molecule has 2 heterocycles. The Hall–Kier alpha value is -0.870. The lowest BCUT2D eigenvalue weighted by atomic mass is 9.94. The Labute approximate surface area is 144 Å². The van der Waals surface area contributed by atoms with Crippen LogP contribution in [0.1, 0.15) is 68.9 Å². The summed E-state index contributed by atoms with van der Waals surface area (Å²) in [7, 11) is 0. The van der Waals surface area contributed by atoms with Gasteiger partial charge in [0.15, 0.2) is 0 Å². The Morgan fingerprint density at radius 2 is 2.09 bits per heavy atom. The second-order valence-electron chi connectivity index (χ2n) is 6.92. The lowest BCUT2D eigenvalue weighted by Gasteiger charge is -2.39. The molecule has 3 rings (SSSR count). The molecule has 4 heteroatoms. The zero-order valence-electron chi connectivity index (χ0n) is 14.6. The predicted molar refractivity (Wildman–Crippen MR) is 96.9 cm³/mol. The van der Waals surface area contributed by atoms with Crippen molar-refractivity contribution >= 4 is 17.2 Å². The minimum atomic E-state index is 0.294. The lowest BCUT2D eigenvalue weighted by molar-refractivity contribution is -0.136. The molecule has 0 bridgehead atoms. The summed E-state index contributed by atoms with van der Waals surface area (Å²) in [5.74, 6) is 0.334. The van der Waals surface area contributed by atoms with E-state index in [1.54, 1.807) is 0 Å². The minimum Gasteiger partial charge on any atom is -0.334 e. The summed E-state index contributed by atoms with van der Waals surface area (Å²) >= 11 is 1.85. The van der Waals surface area contributed by atoms with Crippen LogP contribution in [0.15, 0.2) is 11.4 Å². The maximum absolute atomic E-state index is 13.0. The normalized spacial score (nSPS) is 22.4. The van der Waals surface area contributed by atoms with Crippen molar-refractivity contribution in [2.75, 3.05) is 19.6 Å². The van der Waals surface area contributed by atoms with Crippen LogP contribution in [0.3, 0.4) is 0 Å². The first-order valence-corrected chi connectivity index (χ1v) is 10.2. The van der Waals surface area contributed by atoms with Gasteiger partial charge in [-0.05, 0) is 49.2 Å². The fourth-order valence-corrected chi connectivity index (χ4v) is 5.27. The topological polar surface area (TPSA) is 23.6 Å². The highest BCUT2D eigenvalue weighted by Crippen LogP contribution is 2.35. The molecule has 0 spiro atoms. The summed E-state index contributed by atoms with van der Waals surface area (Å²) in [5.41, 5.74) is 1.40. The van der Waals surface area contributed by atoms with E-state index in [-0.39, 0.29) is 0 Å². The molecule has 0 radical (unpaired) electrons. The van der Waals surface area contributed by atoms with Gasteiger partial charge in [-0.25, -0.2) is 0 Å². The Morgan fingerprint density at radius 1 is 1.30 bits per heavy atom. The third-order valence-corrected chi connectivity index (χ3v) is 6.63. The van der Waals surface area contributed by atoms with E-state index in [1.807, 2.05) is 11.3 Å². The number of amides is 1. The second-order valence-corrected chi connectivity index (χ2v) is 7.92. The monoisotopic (exact) mass is 334 g/mol. The van der Waals surface area contributed by atoms with Crippen LogP contribution < -0.4 is 0 Å². The second kappa shape index (κ2) is 7.80. The van der Waals surface area contributed by atoms with Crippen molar-refractivity contribution in [3.05, 3.63) is 21.9 Å². The minimum absolute atomic E-state index is 0.294. The van der Waals surface area contributed by atoms with E-state index < -0.39 is 0 Å². The predicted octanol–water partition coefficient (Wildman–Crippen LogP) is 4.24. The molecule has 0 saturated heterocycles. The van der Waals surface area contributed by atoms with E-state index in [1.165, 1.54) is 42.5 Å². The van der Waals surface area contributed by atoms with Crippen molar-refractivity contribution < 1.29 is 4.79 Å². The number of likely N-dealkylation sites (N-methyl/N-ethyl adjacent to an activating group) is 1. The molecule has 1 aliphatic carbocycles. The maximum atomic E-state index is 13.0. The van der Waals surface area contributed by atoms with Crippen LogP contribution >= 0.6 is 11.3 Å². The molecule has 128 valence electrons. The highest BCUT2D eigenvalue weighted by molar-refractivity contribution is 7.10. The van der Waals surface area contributed by atoms with Crippen molar-refractivity contribution in [1.29, 1.82) is 0 Å². The van der Waals surface area contributed by atoms with Gasteiger partial charge in [-0.3, -0.25) is 9.69 Å². The summed E-state index contributed by atoms with van der Waals surface area (Å²) in [6.45, 7) is 6.90. The van der Waals surface area contributed by atoms with Crippen LogP contribution in [0.4, 0.5) is 0 Å². The molecule has 1 aromatic heterocycles. The first-order chi connectivity index (χ1) is 11.2. The maximum Gasteiger partial charge on any atom is 0.237 e. The molecular weight excluding hydrogens is 304 g/mol. The third-order valence-electron chi connectivity index (χ3n) is 5.64. The van der Waals surface area contributed by atoms with Gasteiger partial charge in [0, 0.05) is 17.5 Å². The molecule has 0 N–H and O–H groups in total. The molecule has 1 saturated carbocycles. The highest BCUT2D eigenvalue weighted by atomic mass is 32.1. The number of nitrogens with zero attached hydrogens (tertiary/aromatic N) is 2. The number of rotatable bonds is 5. The smallest absolute Gasteiger partial charge is 0.237 e. The fraction of sp³-hybridized carbons (Fsp3) is 0.737. The highest BCUT2D eigenvalue weighted by Gasteiger charge is 2.32. The molecule has 3 nitrogen and oxygen atoms in total. The van der Waals surface area contributed by atoms with Crippen molar-refractivity contribution in [2.45, 2.75) is 70.9 Å². The van der Waals surface area contributed by atoms with Crippen LogP contribution in [0.2, 0.25) is 0 Å². The van der Waals surface area contributed by atoms with Gasteiger partial charge in [-0.15, -0.1) is 11.3 Å². The van der Waals surface area contributed by atoms with Crippen LogP contribution in [0.5, 0.6) is 0 Å². The standard InChI is InChI=1S/C19H30N2OS/c1-3-17-16-11-13-23-18(16)10-12-21(17)19(22)14-20(4-2)15-8-6-5-7-9-15/h11,13,15,17H,3-10,12,14H2,1-2H3. The number of hydrogen-bond donors (Lipinski definition) is 0. The lowest BCUT2D eigenvalue weighted by Crippen LogP contribution is -2.47. The first kappa shape index (κ1) is 17.0. The van der Waals surface area contributed by atoms with E-state index in [2.05, 4.69) is 35.1 Å². The van der Waals surface area contributed by atoms with Crippen LogP contribution in [-0.2, 0) is 11.2 Å². The average Bonchev–Trinajstić information content (AvgIpc) is 3.08. The Kier molecular flexibility index (Phi) is 5.76. The van der Waals surface area contributed by atoms with Gasteiger partial charge in [0.1, 0.15) is 0 Å². The number of hydrogen-bond acceptors (Lipinski definition) is 3. The summed E-state index contributed by atoms with van der Waals surface area (Å²) in [4.78, 5) is 19.1. The van der Waals surface area contributed by atoms with E-state index in [4.69, 9.17) is 0 Å². The SMILES string of the molecule is CCC1c2ccsc2CCN1C(=O)CN(CC)C1CCCCC1.